The first kappa shape index (κ1) is 11.3. The van der Waals surface area contributed by atoms with Crippen LogP contribution in [-0.4, -0.2) is 15.0 Å². The van der Waals surface area contributed by atoms with E-state index in [1.807, 2.05) is 6.07 Å². The molecular formula is C9H5N9. The standard InChI is InChI=1S/C9H5N9/c10-17-15-8-12-7(6-4-2-1-3-5-6)13-9(14-8)16-18-11/h1-5H. The SMILES string of the molecule is [N-]=[N+]=Nc1nc(N=[N+]=[N-])nc(-c2ccccc2)n1. The molecule has 0 unspecified atom stereocenters. The van der Waals surface area contributed by atoms with Crippen LogP contribution in [0.4, 0.5) is 11.9 Å². The van der Waals surface area contributed by atoms with Crippen LogP contribution < -0.4 is 0 Å². The third-order valence-electron chi connectivity index (χ3n) is 1.91. The van der Waals surface area contributed by atoms with Crippen LogP contribution in [0.5, 0.6) is 0 Å². The number of nitrogens with zero attached hydrogens (tertiary/aromatic N) is 9. The van der Waals surface area contributed by atoms with Crippen LogP contribution in [0, 0.1) is 0 Å². The molecule has 9 nitrogen and oxygen atoms in total. The summed E-state index contributed by atoms with van der Waals surface area (Å²) in [7, 11) is 0. The molecule has 0 N–H and O–H groups in total. The van der Waals surface area contributed by atoms with E-state index in [1.54, 1.807) is 24.3 Å². The minimum absolute atomic E-state index is 0.145. The van der Waals surface area contributed by atoms with Crippen LogP contribution in [-0.2, 0) is 0 Å². The van der Waals surface area contributed by atoms with Crippen molar-refractivity contribution < 1.29 is 0 Å². The summed E-state index contributed by atoms with van der Waals surface area (Å²) in [6, 6.07) is 9.00. The van der Waals surface area contributed by atoms with Crippen molar-refractivity contribution in [2.75, 3.05) is 0 Å². The second kappa shape index (κ2) is 5.26. The van der Waals surface area contributed by atoms with E-state index in [1.165, 1.54) is 0 Å². The predicted molar refractivity (Wildman–Crippen MR) is 62.9 cm³/mol. The van der Waals surface area contributed by atoms with Gasteiger partial charge in [-0.15, -0.1) is 0 Å². The van der Waals surface area contributed by atoms with Crippen molar-refractivity contribution in [2.24, 2.45) is 10.2 Å². The topological polar surface area (TPSA) is 136 Å². The van der Waals surface area contributed by atoms with Crippen molar-refractivity contribution >= 4 is 11.9 Å². The Morgan fingerprint density at radius 1 is 0.833 bits per heavy atom. The summed E-state index contributed by atoms with van der Waals surface area (Å²) in [5.74, 6) is -0.0158. The fourth-order valence-corrected chi connectivity index (χ4v) is 1.24. The molecule has 9 heteroatoms. The van der Waals surface area contributed by atoms with Gasteiger partial charge < -0.3 is 0 Å². The molecule has 0 amide bonds. The molecule has 1 aromatic carbocycles. The lowest BCUT2D eigenvalue weighted by molar-refractivity contribution is 1.02. The summed E-state index contributed by atoms with van der Waals surface area (Å²) < 4.78 is 0. The van der Waals surface area contributed by atoms with Gasteiger partial charge in [-0.2, -0.15) is 0 Å². The molecule has 0 saturated heterocycles. The van der Waals surface area contributed by atoms with E-state index in [9.17, 15) is 0 Å². The van der Waals surface area contributed by atoms with Gasteiger partial charge in [-0.05, 0) is 21.3 Å². The number of azide groups is 2. The second-order valence-electron chi connectivity index (χ2n) is 3.00. The highest BCUT2D eigenvalue weighted by molar-refractivity contribution is 5.56. The lowest BCUT2D eigenvalue weighted by Gasteiger charge is -2.01. The van der Waals surface area contributed by atoms with Gasteiger partial charge in [0, 0.05) is 15.4 Å². The molecule has 0 saturated carbocycles. The normalized spacial score (nSPS) is 9.11. The van der Waals surface area contributed by atoms with Gasteiger partial charge in [0.15, 0.2) is 5.82 Å². The average molecular weight is 239 g/mol. The first-order chi connectivity index (χ1) is 8.83. The van der Waals surface area contributed by atoms with Crippen molar-refractivity contribution in [3.05, 3.63) is 51.2 Å². The third-order valence-corrected chi connectivity index (χ3v) is 1.91. The van der Waals surface area contributed by atoms with Gasteiger partial charge in [-0.3, -0.25) is 0 Å². The quantitative estimate of drug-likeness (QED) is 0.460. The van der Waals surface area contributed by atoms with Gasteiger partial charge in [-0.1, -0.05) is 30.3 Å². The minimum Gasteiger partial charge on any atom is -0.207 e. The highest BCUT2D eigenvalue weighted by Gasteiger charge is 2.05. The van der Waals surface area contributed by atoms with Crippen LogP contribution in [0.15, 0.2) is 40.6 Å². The number of aromatic nitrogens is 3. The molecule has 2 aromatic rings. The predicted octanol–water partition coefficient (Wildman–Crippen LogP) is 3.42. The van der Waals surface area contributed by atoms with Crippen molar-refractivity contribution in [3.8, 4) is 11.4 Å². The van der Waals surface area contributed by atoms with Gasteiger partial charge in [-0.25, -0.2) is 15.0 Å². The second-order valence-corrected chi connectivity index (χ2v) is 3.00. The maximum atomic E-state index is 8.36. The van der Waals surface area contributed by atoms with Crippen LogP contribution in [0.25, 0.3) is 32.3 Å². The Kier molecular flexibility index (Phi) is 3.31. The molecule has 0 atom stereocenters. The Balaban J connectivity index is 2.60. The van der Waals surface area contributed by atoms with Gasteiger partial charge in [0.25, 0.3) is 0 Å². The Labute approximate surface area is 100 Å². The van der Waals surface area contributed by atoms with Crippen molar-refractivity contribution in [2.45, 2.75) is 0 Å². The Morgan fingerprint density at radius 3 is 1.89 bits per heavy atom. The Hall–Kier alpha value is -3.15. The summed E-state index contributed by atoms with van der Waals surface area (Å²) in [5.41, 5.74) is 17.4. The monoisotopic (exact) mass is 239 g/mol. The first-order valence-electron chi connectivity index (χ1n) is 4.75. The summed E-state index contributed by atoms with van der Waals surface area (Å²) in [6.45, 7) is 0. The van der Waals surface area contributed by atoms with Gasteiger partial charge in [0.2, 0.25) is 11.9 Å². The summed E-state index contributed by atoms with van der Waals surface area (Å²) in [6.07, 6.45) is 0. The number of rotatable bonds is 3. The summed E-state index contributed by atoms with van der Waals surface area (Å²) in [4.78, 5) is 16.7. The molecule has 0 aliphatic rings. The maximum Gasteiger partial charge on any atom is 0.220 e. The third kappa shape index (κ3) is 2.50. The average Bonchev–Trinajstić information content (AvgIpc) is 2.40. The summed E-state index contributed by atoms with van der Waals surface area (Å²) >= 11 is 0. The highest BCUT2D eigenvalue weighted by atomic mass is 15.3. The van der Waals surface area contributed by atoms with E-state index in [2.05, 4.69) is 35.0 Å². The molecule has 1 aromatic heterocycles. The molecule has 86 valence electrons. The smallest absolute Gasteiger partial charge is 0.207 e. The van der Waals surface area contributed by atoms with E-state index < -0.39 is 0 Å². The zero-order chi connectivity index (χ0) is 12.8. The van der Waals surface area contributed by atoms with E-state index in [-0.39, 0.29) is 17.7 Å². The van der Waals surface area contributed by atoms with Crippen LogP contribution >= 0.6 is 0 Å². The van der Waals surface area contributed by atoms with Gasteiger partial charge in [0.1, 0.15) is 0 Å². The molecule has 0 fully saturated rings. The Bertz CT molecular complexity index is 617. The van der Waals surface area contributed by atoms with Crippen LogP contribution in [0.1, 0.15) is 0 Å². The maximum absolute atomic E-state index is 8.36. The summed E-state index contributed by atoms with van der Waals surface area (Å²) in [5, 5.41) is 6.54. The molecule has 0 bridgehead atoms. The van der Waals surface area contributed by atoms with E-state index in [4.69, 9.17) is 11.1 Å². The van der Waals surface area contributed by atoms with Crippen LogP contribution in [0.3, 0.4) is 0 Å². The fraction of sp³-hybridized carbons (Fsp3) is 0. The van der Waals surface area contributed by atoms with Crippen LogP contribution in [0.2, 0.25) is 0 Å². The minimum atomic E-state index is -0.145. The van der Waals surface area contributed by atoms with Crippen molar-refractivity contribution in [1.29, 1.82) is 0 Å². The Morgan fingerprint density at radius 2 is 1.39 bits per heavy atom. The molecule has 0 spiro atoms. The number of benzene rings is 1. The number of hydrogen-bond acceptors (Lipinski definition) is 5. The van der Waals surface area contributed by atoms with Crippen molar-refractivity contribution in [1.82, 2.24) is 15.0 Å². The zero-order valence-electron chi connectivity index (χ0n) is 8.91. The van der Waals surface area contributed by atoms with E-state index in [0.717, 1.165) is 0 Å². The van der Waals surface area contributed by atoms with E-state index in [0.29, 0.717) is 5.56 Å². The highest BCUT2D eigenvalue weighted by Crippen LogP contribution is 2.19. The number of hydrogen-bond donors (Lipinski definition) is 0. The molecule has 0 radical (unpaired) electrons. The molecule has 2 rings (SSSR count). The first-order valence-corrected chi connectivity index (χ1v) is 4.75. The molecular weight excluding hydrogens is 234 g/mol. The van der Waals surface area contributed by atoms with Crippen molar-refractivity contribution in [3.63, 3.8) is 0 Å². The molecule has 18 heavy (non-hydrogen) atoms. The largest absolute Gasteiger partial charge is 0.220 e. The molecule has 0 aliphatic carbocycles. The van der Waals surface area contributed by atoms with E-state index >= 15 is 0 Å². The van der Waals surface area contributed by atoms with Gasteiger partial charge in [0.05, 0.1) is 0 Å². The lowest BCUT2D eigenvalue weighted by atomic mass is 10.2. The molecule has 0 aliphatic heterocycles. The lowest BCUT2D eigenvalue weighted by Crippen LogP contribution is -1.91. The molecule has 1 heterocycles. The van der Waals surface area contributed by atoms with Gasteiger partial charge >= 0.3 is 0 Å². The fourth-order valence-electron chi connectivity index (χ4n) is 1.24. The zero-order valence-corrected chi connectivity index (χ0v) is 8.91.